The number of fused-ring (bicyclic) bond motifs is 1. The van der Waals surface area contributed by atoms with Crippen LogP contribution < -0.4 is 20.1 Å². The van der Waals surface area contributed by atoms with E-state index in [-0.39, 0.29) is 17.5 Å². The highest BCUT2D eigenvalue weighted by atomic mass is 35.5. The van der Waals surface area contributed by atoms with Gasteiger partial charge in [-0.1, -0.05) is 24.9 Å². The van der Waals surface area contributed by atoms with Gasteiger partial charge in [-0.05, 0) is 31.6 Å². The summed E-state index contributed by atoms with van der Waals surface area (Å²) in [5, 5.41) is 5.77. The van der Waals surface area contributed by atoms with Gasteiger partial charge in [-0.15, -0.1) is 0 Å². The van der Waals surface area contributed by atoms with Crippen LogP contribution in [0.3, 0.4) is 0 Å². The number of carbonyl (C=O) groups is 3. The minimum Gasteiger partial charge on any atom is -0.486 e. The van der Waals surface area contributed by atoms with Gasteiger partial charge in [0.05, 0.1) is 10.7 Å². The van der Waals surface area contributed by atoms with Crippen LogP contribution in [0.15, 0.2) is 12.1 Å². The number of ether oxygens (including phenoxy) is 2. The Balaban J connectivity index is 1.42. The molecule has 0 aromatic heterocycles. The molecule has 3 aliphatic rings. The smallest absolute Gasteiger partial charge is 0.325 e. The molecule has 9 heteroatoms. The van der Waals surface area contributed by atoms with Crippen molar-refractivity contribution in [2.75, 3.05) is 25.1 Å². The zero-order valence-corrected chi connectivity index (χ0v) is 17.0. The molecule has 1 aromatic rings. The van der Waals surface area contributed by atoms with Gasteiger partial charge in [0.2, 0.25) is 5.91 Å². The number of halogens is 1. The molecule has 2 fully saturated rings. The molecule has 0 unspecified atom stereocenters. The fraction of sp³-hybridized carbons (Fsp3) is 0.550. The van der Waals surface area contributed by atoms with Gasteiger partial charge < -0.3 is 20.1 Å². The highest BCUT2D eigenvalue weighted by Crippen LogP contribution is 2.39. The zero-order chi connectivity index (χ0) is 20.6. The van der Waals surface area contributed by atoms with E-state index in [1.165, 1.54) is 0 Å². The van der Waals surface area contributed by atoms with Gasteiger partial charge in [-0.2, -0.15) is 0 Å². The monoisotopic (exact) mass is 421 g/mol. The highest BCUT2D eigenvalue weighted by Gasteiger charge is 2.52. The lowest BCUT2D eigenvalue weighted by atomic mass is 9.75. The predicted molar refractivity (Wildman–Crippen MR) is 106 cm³/mol. The van der Waals surface area contributed by atoms with Crippen molar-refractivity contribution in [1.82, 2.24) is 10.2 Å². The van der Waals surface area contributed by atoms with Crippen LogP contribution in [0, 0.1) is 5.92 Å². The molecule has 1 saturated carbocycles. The standard InChI is InChI=1S/C20H24ClN3O5/c1-2-12-3-5-20(6-4-12)18(26)24(19(27)23-20)11-17(25)22-14-10-16-15(9-13(14)21)28-7-8-29-16/h9-10,12H,2-8,11H2,1H3,(H,22,25)(H,23,27). The summed E-state index contributed by atoms with van der Waals surface area (Å²) in [6.45, 7) is 2.61. The zero-order valence-electron chi connectivity index (χ0n) is 16.3. The third kappa shape index (κ3) is 3.73. The molecule has 8 nitrogen and oxygen atoms in total. The molecule has 0 atom stereocenters. The molecule has 4 amide bonds. The summed E-state index contributed by atoms with van der Waals surface area (Å²) in [4.78, 5) is 38.9. The van der Waals surface area contributed by atoms with E-state index >= 15 is 0 Å². The van der Waals surface area contributed by atoms with Crippen LogP contribution in [0.2, 0.25) is 5.02 Å². The van der Waals surface area contributed by atoms with E-state index in [1.54, 1.807) is 12.1 Å². The molecular weight excluding hydrogens is 398 g/mol. The van der Waals surface area contributed by atoms with E-state index in [4.69, 9.17) is 21.1 Å². The summed E-state index contributed by atoms with van der Waals surface area (Å²) in [7, 11) is 0. The third-order valence-corrected chi connectivity index (χ3v) is 6.30. The van der Waals surface area contributed by atoms with E-state index in [0.29, 0.717) is 49.2 Å². The van der Waals surface area contributed by atoms with Gasteiger partial charge in [0.15, 0.2) is 11.5 Å². The normalized spacial score (nSPS) is 25.9. The van der Waals surface area contributed by atoms with Crippen molar-refractivity contribution < 1.29 is 23.9 Å². The summed E-state index contributed by atoms with van der Waals surface area (Å²) in [5.74, 6) is 0.752. The number of hydrogen-bond acceptors (Lipinski definition) is 5. The Morgan fingerprint density at radius 1 is 1.24 bits per heavy atom. The number of imide groups is 1. The highest BCUT2D eigenvalue weighted by molar-refractivity contribution is 6.34. The van der Waals surface area contributed by atoms with Gasteiger partial charge in [0.1, 0.15) is 25.3 Å². The van der Waals surface area contributed by atoms with Crippen LogP contribution in [0.25, 0.3) is 0 Å². The second-order valence-corrected chi connectivity index (χ2v) is 8.19. The van der Waals surface area contributed by atoms with E-state index in [9.17, 15) is 14.4 Å². The van der Waals surface area contributed by atoms with Gasteiger partial charge >= 0.3 is 6.03 Å². The molecule has 1 aliphatic carbocycles. The maximum atomic E-state index is 12.9. The second kappa shape index (κ2) is 7.74. The van der Waals surface area contributed by atoms with Crippen LogP contribution in [0.1, 0.15) is 39.0 Å². The molecule has 2 heterocycles. The van der Waals surface area contributed by atoms with Crippen molar-refractivity contribution in [3.63, 3.8) is 0 Å². The van der Waals surface area contributed by atoms with Gasteiger partial charge in [0.25, 0.3) is 5.91 Å². The fourth-order valence-corrected chi connectivity index (χ4v) is 4.43. The van der Waals surface area contributed by atoms with Crippen molar-refractivity contribution in [1.29, 1.82) is 0 Å². The summed E-state index contributed by atoms with van der Waals surface area (Å²) < 4.78 is 10.9. The topological polar surface area (TPSA) is 97.0 Å². The Morgan fingerprint density at radius 3 is 2.55 bits per heavy atom. The number of urea groups is 1. The quantitative estimate of drug-likeness (QED) is 0.728. The van der Waals surface area contributed by atoms with Crippen LogP contribution >= 0.6 is 11.6 Å². The summed E-state index contributed by atoms with van der Waals surface area (Å²) in [6, 6.07) is 2.63. The molecule has 1 spiro atoms. The Morgan fingerprint density at radius 2 is 1.90 bits per heavy atom. The molecular formula is C20H24ClN3O5. The van der Waals surface area contributed by atoms with Crippen LogP contribution in [0.5, 0.6) is 11.5 Å². The maximum Gasteiger partial charge on any atom is 0.325 e. The molecule has 156 valence electrons. The third-order valence-electron chi connectivity index (χ3n) is 5.99. The van der Waals surface area contributed by atoms with E-state index in [0.717, 1.165) is 24.2 Å². The minimum absolute atomic E-state index is 0.286. The second-order valence-electron chi connectivity index (χ2n) is 7.78. The van der Waals surface area contributed by atoms with Gasteiger partial charge in [-0.25, -0.2) is 4.79 Å². The summed E-state index contributed by atoms with van der Waals surface area (Å²) in [5.41, 5.74) is -0.524. The average Bonchev–Trinajstić information content (AvgIpc) is 2.93. The predicted octanol–water partition coefficient (Wildman–Crippen LogP) is 2.94. The van der Waals surface area contributed by atoms with Crippen LogP contribution in [-0.4, -0.2) is 48.0 Å². The molecule has 0 radical (unpaired) electrons. The van der Waals surface area contributed by atoms with Crippen molar-refractivity contribution in [2.45, 2.75) is 44.6 Å². The molecule has 0 bridgehead atoms. The number of amides is 4. The summed E-state index contributed by atoms with van der Waals surface area (Å²) >= 11 is 6.21. The largest absolute Gasteiger partial charge is 0.486 e. The molecule has 4 rings (SSSR count). The van der Waals surface area contributed by atoms with Gasteiger partial charge in [0, 0.05) is 12.1 Å². The average molecular weight is 422 g/mol. The number of benzene rings is 1. The molecule has 2 N–H and O–H groups in total. The molecule has 29 heavy (non-hydrogen) atoms. The van der Waals surface area contributed by atoms with Gasteiger partial charge in [-0.3, -0.25) is 14.5 Å². The minimum atomic E-state index is -0.863. The lowest BCUT2D eigenvalue weighted by Crippen LogP contribution is -2.49. The van der Waals surface area contributed by atoms with E-state index in [2.05, 4.69) is 17.6 Å². The van der Waals surface area contributed by atoms with Crippen LogP contribution in [-0.2, 0) is 9.59 Å². The first kappa shape index (κ1) is 19.8. The first-order valence-corrected chi connectivity index (χ1v) is 10.3. The Labute approximate surface area is 173 Å². The fourth-order valence-electron chi connectivity index (χ4n) is 4.23. The summed E-state index contributed by atoms with van der Waals surface area (Å²) in [6.07, 6.45) is 4.09. The first-order valence-electron chi connectivity index (χ1n) is 9.95. The SMILES string of the molecule is CCC1CCC2(CC1)NC(=O)N(CC(=O)Nc1cc3c(cc1Cl)OCCO3)C2=O. The Kier molecular flexibility index (Phi) is 5.29. The van der Waals surface area contributed by atoms with Crippen molar-refractivity contribution in [2.24, 2.45) is 5.92 Å². The number of rotatable bonds is 4. The molecule has 1 aromatic carbocycles. The van der Waals surface area contributed by atoms with E-state index < -0.39 is 17.5 Å². The van der Waals surface area contributed by atoms with E-state index in [1.807, 2.05) is 0 Å². The Bertz CT molecular complexity index is 851. The molecule has 2 aliphatic heterocycles. The lowest BCUT2D eigenvalue weighted by Gasteiger charge is -2.34. The maximum absolute atomic E-state index is 12.9. The number of hydrogen-bond donors (Lipinski definition) is 2. The number of nitrogens with zero attached hydrogens (tertiary/aromatic N) is 1. The van der Waals surface area contributed by atoms with Crippen molar-refractivity contribution in [3.8, 4) is 11.5 Å². The lowest BCUT2D eigenvalue weighted by molar-refractivity contribution is -0.135. The van der Waals surface area contributed by atoms with Crippen LogP contribution in [0.4, 0.5) is 10.5 Å². The number of nitrogens with one attached hydrogen (secondary N) is 2. The number of carbonyl (C=O) groups excluding carboxylic acids is 3. The van der Waals surface area contributed by atoms with Crippen molar-refractivity contribution >= 4 is 35.1 Å². The van der Waals surface area contributed by atoms with Crippen molar-refractivity contribution in [3.05, 3.63) is 17.2 Å². The Hall–Kier alpha value is -2.48. The molecule has 1 saturated heterocycles. The number of anilines is 1. The first-order chi connectivity index (χ1) is 13.9.